The van der Waals surface area contributed by atoms with Gasteiger partial charge >= 0.3 is 5.97 Å². The highest BCUT2D eigenvalue weighted by atomic mass is 79.9. The summed E-state index contributed by atoms with van der Waals surface area (Å²) in [6.07, 6.45) is 0. The third-order valence-electron chi connectivity index (χ3n) is 2.83. The van der Waals surface area contributed by atoms with Crippen molar-refractivity contribution in [2.75, 3.05) is 26.3 Å². The SMILES string of the molecule is CCOC(=O)CN(CCOc1ccc(Br)cc1)C(C)C. The van der Waals surface area contributed by atoms with Crippen LogP contribution in [0.25, 0.3) is 0 Å². The molecule has 0 heterocycles. The van der Waals surface area contributed by atoms with E-state index in [4.69, 9.17) is 9.47 Å². The van der Waals surface area contributed by atoms with Crippen LogP contribution >= 0.6 is 15.9 Å². The van der Waals surface area contributed by atoms with Crippen LogP contribution in [-0.4, -0.2) is 43.2 Å². The van der Waals surface area contributed by atoms with Crippen molar-refractivity contribution in [2.45, 2.75) is 26.8 Å². The van der Waals surface area contributed by atoms with Crippen molar-refractivity contribution in [3.05, 3.63) is 28.7 Å². The second kappa shape index (κ2) is 8.97. The van der Waals surface area contributed by atoms with E-state index in [1.54, 1.807) is 0 Å². The summed E-state index contributed by atoms with van der Waals surface area (Å²) in [5, 5.41) is 0. The van der Waals surface area contributed by atoms with Crippen LogP contribution in [0.15, 0.2) is 28.7 Å². The molecule has 1 aromatic carbocycles. The summed E-state index contributed by atoms with van der Waals surface area (Å²) >= 11 is 3.38. The Morgan fingerprint density at radius 1 is 1.30 bits per heavy atom. The van der Waals surface area contributed by atoms with E-state index in [-0.39, 0.29) is 12.0 Å². The van der Waals surface area contributed by atoms with Gasteiger partial charge in [-0.25, -0.2) is 0 Å². The lowest BCUT2D eigenvalue weighted by atomic mass is 10.3. The molecule has 1 aromatic rings. The fourth-order valence-corrected chi connectivity index (χ4v) is 1.97. The van der Waals surface area contributed by atoms with Gasteiger partial charge in [-0.05, 0) is 45.0 Å². The average Bonchev–Trinajstić information content (AvgIpc) is 2.40. The predicted octanol–water partition coefficient (Wildman–Crippen LogP) is 3.10. The van der Waals surface area contributed by atoms with Crippen molar-refractivity contribution in [2.24, 2.45) is 0 Å². The van der Waals surface area contributed by atoms with E-state index in [2.05, 4.69) is 29.8 Å². The quantitative estimate of drug-likeness (QED) is 0.680. The number of carbonyl (C=O) groups excluding carboxylic acids is 1. The standard InChI is InChI=1S/C15H22BrNO3/c1-4-19-15(18)11-17(12(2)3)9-10-20-14-7-5-13(16)6-8-14/h5-8,12H,4,9-11H2,1-3H3. The molecule has 0 amide bonds. The molecule has 0 N–H and O–H groups in total. The molecule has 20 heavy (non-hydrogen) atoms. The van der Waals surface area contributed by atoms with Gasteiger partial charge in [0, 0.05) is 17.1 Å². The number of halogens is 1. The molecule has 0 aliphatic rings. The molecule has 0 aliphatic heterocycles. The van der Waals surface area contributed by atoms with Gasteiger partial charge in [-0.15, -0.1) is 0 Å². The van der Waals surface area contributed by atoms with Crippen molar-refractivity contribution in [3.8, 4) is 5.75 Å². The van der Waals surface area contributed by atoms with Crippen molar-refractivity contribution >= 4 is 21.9 Å². The molecule has 0 fully saturated rings. The first-order valence-electron chi connectivity index (χ1n) is 6.81. The van der Waals surface area contributed by atoms with E-state index in [0.29, 0.717) is 26.3 Å². The zero-order valence-corrected chi connectivity index (χ0v) is 13.9. The molecular formula is C15H22BrNO3. The monoisotopic (exact) mass is 343 g/mol. The largest absolute Gasteiger partial charge is 0.492 e. The Balaban J connectivity index is 2.39. The van der Waals surface area contributed by atoms with E-state index >= 15 is 0 Å². The summed E-state index contributed by atoms with van der Waals surface area (Å²) in [7, 11) is 0. The van der Waals surface area contributed by atoms with E-state index in [1.807, 2.05) is 36.1 Å². The van der Waals surface area contributed by atoms with Gasteiger partial charge in [0.2, 0.25) is 0 Å². The molecule has 0 spiro atoms. The van der Waals surface area contributed by atoms with Crippen molar-refractivity contribution in [1.29, 1.82) is 0 Å². The number of hydrogen-bond donors (Lipinski definition) is 0. The first kappa shape index (κ1) is 17.0. The summed E-state index contributed by atoms with van der Waals surface area (Å²) in [5.74, 6) is 0.637. The molecule has 1 rings (SSSR count). The molecule has 0 unspecified atom stereocenters. The van der Waals surface area contributed by atoms with Crippen molar-refractivity contribution in [3.63, 3.8) is 0 Å². The Labute approximate surface area is 129 Å². The molecule has 0 aromatic heterocycles. The zero-order chi connectivity index (χ0) is 15.0. The average molecular weight is 344 g/mol. The normalized spacial score (nSPS) is 10.9. The number of benzene rings is 1. The fourth-order valence-electron chi connectivity index (χ4n) is 1.70. The zero-order valence-electron chi connectivity index (χ0n) is 12.3. The van der Waals surface area contributed by atoms with Crippen LogP contribution < -0.4 is 4.74 Å². The molecule has 0 aliphatic carbocycles. The second-order valence-electron chi connectivity index (χ2n) is 4.67. The minimum absolute atomic E-state index is 0.190. The minimum Gasteiger partial charge on any atom is -0.492 e. The maximum Gasteiger partial charge on any atom is 0.320 e. The number of ether oxygens (including phenoxy) is 2. The first-order valence-corrected chi connectivity index (χ1v) is 7.60. The highest BCUT2D eigenvalue weighted by molar-refractivity contribution is 9.10. The Bertz CT molecular complexity index is 406. The smallest absolute Gasteiger partial charge is 0.320 e. The molecular weight excluding hydrogens is 322 g/mol. The topological polar surface area (TPSA) is 38.8 Å². The highest BCUT2D eigenvalue weighted by Gasteiger charge is 2.14. The Kier molecular flexibility index (Phi) is 7.62. The van der Waals surface area contributed by atoms with E-state index in [9.17, 15) is 4.79 Å². The number of carbonyl (C=O) groups is 1. The van der Waals surface area contributed by atoms with Crippen LogP contribution in [0, 0.1) is 0 Å². The number of hydrogen-bond acceptors (Lipinski definition) is 4. The van der Waals surface area contributed by atoms with Crippen LogP contribution in [0.5, 0.6) is 5.75 Å². The van der Waals surface area contributed by atoms with Crippen LogP contribution in [0.2, 0.25) is 0 Å². The lowest BCUT2D eigenvalue weighted by Gasteiger charge is -2.25. The van der Waals surface area contributed by atoms with Gasteiger partial charge in [0.05, 0.1) is 13.2 Å². The molecule has 0 atom stereocenters. The van der Waals surface area contributed by atoms with E-state index in [0.717, 1.165) is 10.2 Å². The van der Waals surface area contributed by atoms with Crippen molar-refractivity contribution in [1.82, 2.24) is 4.90 Å². The molecule has 0 saturated carbocycles. The molecule has 5 heteroatoms. The minimum atomic E-state index is -0.190. The maximum absolute atomic E-state index is 11.5. The molecule has 4 nitrogen and oxygen atoms in total. The van der Waals surface area contributed by atoms with Crippen LogP contribution in [0.3, 0.4) is 0 Å². The number of nitrogens with zero attached hydrogens (tertiary/aromatic N) is 1. The van der Waals surface area contributed by atoms with Gasteiger partial charge in [-0.1, -0.05) is 15.9 Å². The van der Waals surface area contributed by atoms with Crippen LogP contribution in [0.4, 0.5) is 0 Å². The van der Waals surface area contributed by atoms with Gasteiger partial charge in [-0.2, -0.15) is 0 Å². The highest BCUT2D eigenvalue weighted by Crippen LogP contribution is 2.16. The Morgan fingerprint density at radius 3 is 2.50 bits per heavy atom. The summed E-state index contributed by atoms with van der Waals surface area (Å²) in [6, 6.07) is 7.97. The lowest BCUT2D eigenvalue weighted by molar-refractivity contribution is -0.145. The number of rotatable bonds is 8. The van der Waals surface area contributed by atoms with Crippen LogP contribution in [0.1, 0.15) is 20.8 Å². The van der Waals surface area contributed by atoms with Crippen molar-refractivity contribution < 1.29 is 14.3 Å². The third kappa shape index (κ3) is 6.39. The molecule has 0 saturated heterocycles. The fraction of sp³-hybridized carbons (Fsp3) is 0.533. The van der Waals surface area contributed by atoms with Gasteiger partial charge in [-0.3, -0.25) is 9.69 Å². The molecule has 0 bridgehead atoms. The Morgan fingerprint density at radius 2 is 1.95 bits per heavy atom. The summed E-state index contributed by atoms with van der Waals surface area (Å²) < 4.78 is 11.7. The molecule has 112 valence electrons. The Hall–Kier alpha value is -1.07. The van der Waals surface area contributed by atoms with E-state index < -0.39 is 0 Å². The lowest BCUT2D eigenvalue weighted by Crippen LogP contribution is -2.39. The van der Waals surface area contributed by atoms with Gasteiger partial charge in [0.15, 0.2) is 0 Å². The summed E-state index contributed by atoms with van der Waals surface area (Å²) in [5.41, 5.74) is 0. The maximum atomic E-state index is 11.5. The summed E-state index contributed by atoms with van der Waals surface area (Å²) in [6.45, 7) is 7.87. The van der Waals surface area contributed by atoms with Crippen LogP contribution in [-0.2, 0) is 9.53 Å². The first-order chi connectivity index (χ1) is 9.52. The number of esters is 1. The predicted molar refractivity (Wildman–Crippen MR) is 83.0 cm³/mol. The van der Waals surface area contributed by atoms with Gasteiger partial charge in [0.1, 0.15) is 12.4 Å². The second-order valence-corrected chi connectivity index (χ2v) is 5.59. The molecule has 0 radical (unpaired) electrons. The van der Waals surface area contributed by atoms with Gasteiger partial charge in [0.25, 0.3) is 0 Å². The van der Waals surface area contributed by atoms with Gasteiger partial charge < -0.3 is 9.47 Å². The third-order valence-corrected chi connectivity index (χ3v) is 3.36. The summed E-state index contributed by atoms with van der Waals surface area (Å²) in [4.78, 5) is 13.6. The van der Waals surface area contributed by atoms with E-state index in [1.165, 1.54) is 0 Å².